The maximum atomic E-state index is 11.4. The Labute approximate surface area is 95.6 Å². The van der Waals surface area contributed by atoms with Gasteiger partial charge in [-0.1, -0.05) is 12.8 Å². The molecule has 1 amide bonds. The van der Waals surface area contributed by atoms with Crippen molar-refractivity contribution in [1.29, 1.82) is 0 Å². The molecule has 0 aliphatic heterocycles. The Morgan fingerprint density at radius 3 is 2.56 bits per heavy atom. The molecule has 1 aliphatic carbocycles. The lowest BCUT2D eigenvalue weighted by Crippen LogP contribution is -2.42. The molecule has 0 bridgehead atoms. The second-order valence-electron chi connectivity index (χ2n) is 4.43. The van der Waals surface area contributed by atoms with E-state index in [1.165, 1.54) is 12.8 Å². The Morgan fingerprint density at radius 1 is 1.38 bits per heavy atom. The molecule has 1 rings (SSSR count). The molecule has 0 saturated heterocycles. The van der Waals surface area contributed by atoms with Gasteiger partial charge in [0.2, 0.25) is 5.91 Å². The van der Waals surface area contributed by atoms with E-state index in [-0.39, 0.29) is 24.9 Å². The van der Waals surface area contributed by atoms with Crippen LogP contribution >= 0.6 is 0 Å². The van der Waals surface area contributed by atoms with Crippen LogP contribution in [0.5, 0.6) is 0 Å². The van der Waals surface area contributed by atoms with Gasteiger partial charge in [0, 0.05) is 12.1 Å². The first-order valence-electron chi connectivity index (χ1n) is 5.82. The van der Waals surface area contributed by atoms with Crippen molar-refractivity contribution in [1.82, 2.24) is 10.6 Å². The number of carbonyl (C=O) groups excluding carboxylic acids is 1. The Kier molecular flexibility index (Phi) is 5.25. The van der Waals surface area contributed by atoms with Crippen LogP contribution < -0.4 is 10.6 Å². The van der Waals surface area contributed by atoms with Crippen LogP contribution in [0.3, 0.4) is 0 Å². The predicted octanol–water partition coefficient (Wildman–Crippen LogP) is 0.498. The Morgan fingerprint density at radius 2 is 2.00 bits per heavy atom. The lowest BCUT2D eigenvalue weighted by Gasteiger charge is -2.14. The lowest BCUT2D eigenvalue weighted by atomic mass is 10.2. The second kappa shape index (κ2) is 6.48. The van der Waals surface area contributed by atoms with E-state index in [4.69, 9.17) is 5.11 Å². The van der Waals surface area contributed by atoms with Crippen molar-refractivity contribution in [2.24, 2.45) is 0 Å². The smallest absolute Gasteiger partial charge is 0.305 e. The van der Waals surface area contributed by atoms with E-state index in [0.29, 0.717) is 6.04 Å². The van der Waals surface area contributed by atoms with E-state index in [9.17, 15) is 9.59 Å². The van der Waals surface area contributed by atoms with Gasteiger partial charge in [0.05, 0.1) is 13.0 Å². The zero-order valence-electron chi connectivity index (χ0n) is 9.66. The van der Waals surface area contributed by atoms with Crippen LogP contribution in [-0.2, 0) is 9.59 Å². The van der Waals surface area contributed by atoms with E-state index >= 15 is 0 Å². The number of nitrogens with one attached hydrogen (secondary N) is 2. The summed E-state index contributed by atoms with van der Waals surface area (Å²) in [4.78, 5) is 21.8. The zero-order valence-corrected chi connectivity index (χ0v) is 9.66. The highest BCUT2D eigenvalue weighted by atomic mass is 16.4. The fourth-order valence-electron chi connectivity index (χ4n) is 2.01. The fourth-order valence-corrected chi connectivity index (χ4v) is 2.01. The maximum absolute atomic E-state index is 11.4. The normalized spacial score (nSPS) is 18.3. The molecular formula is C11H20N2O3. The number of rotatable bonds is 6. The van der Waals surface area contributed by atoms with Crippen LogP contribution in [0.1, 0.15) is 39.0 Å². The Bertz CT molecular complexity index is 250. The van der Waals surface area contributed by atoms with Crippen molar-refractivity contribution in [3.8, 4) is 0 Å². The summed E-state index contributed by atoms with van der Waals surface area (Å²) >= 11 is 0. The van der Waals surface area contributed by atoms with Gasteiger partial charge in [0.1, 0.15) is 0 Å². The molecule has 92 valence electrons. The number of carboxylic acid groups (broad SMARTS) is 1. The molecule has 0 radical (unpaired) electrons. The first kappa shape index (κ1) is 13.0. The monoisotopic (exact) mass is 228 g/mol. The van der Waals surface area contributed by atoms with Crippen molar-refractivity contribution in [3.05, 3.63) is 0 Å². The molecule has 0 aromatic heterocycles. The zero-order chi connectivity index (χ0) is 12.0. The van der Waals surface area contributed by atoms with Crippen molar-refractivity contribution in [2.45, 2.75) is 51.1 Å². The van der Waals surface area contributed by atoms with Crippen molar-refractivity contribution < 1.29 is 14.7 Å². The van der Waals surface area contributed by atoms with Gasteiger partial charge in [0.15, 0.2) is 0 Å². The average Bonchev–Trinajstić information content (AvgIpc) is 2.65. The molecule has 1 fully saturated rings. The number of amides is 1. The van der Waals surface area contributed by atoms with Crippen molar-refractivity contribution >= 4 is 11.9 Å². The molecule has 5 heteroatoms. The minimum Gasteiger partial charge on any atom is -0.481 e. The highest BCUT2D eigenvalue weighted by molar-refractivity contribution is 5.79. The third-order valence-corrected chi connectivity index (χ3v) is 2.79. The highest BCUT2D eigenvalue weighted by Gasteiger charge is 2.16. The molecule has 1 unspecified atom stereocenters. The molecule has 0 spiro atoms. The summed E-state index contributed by atoms with van der Waals surface area (Å²) in [6, 6.07) is 0.149. The third-order valence-electron chi connectivity index (χ3n) is 2.79. The number of carbonyl (C=O) groups is 2. The van der Waals surface area contributed by atoms with Crippen LogP contribution in [-0.4, -0.2) is 35.6 Å². The summed E-state index contributed by atoms with van der Waals surface area (Å²) in [6.45, 7) is 1.98. The van der Waals surface area contributed by atoms with E-state index in [1.54, 1.807) is 6.92 Å². The van der Waals surface area contributed by atoms with Gasteiger partial charge in [-0.3, -0.25) is 9.59 Å². The Balaban J connectivity index is 2.12. The molecule has 5 nitrogen and oxygen atoms in total. The van der Waals surface area contributed by atoms with Gasteiger partial charge in [0.25, 0.3) is 0 Å². The maximum Gasteiger partial charge on any atom is 0.305 e. The van der Waals surface area contributed by atoms with E-state index in [1.807, 2.05) is 0 Å². The third kappa shape index (κ3) is 5.11. The van der Waals surface area contributed by atoms with Crippen molar-refractivity contribution in [2.75, 3.05) is 6.54 Å². The summed E-state index contributed by atoms with van der Waals surface area (Å²) in [5.41, 5.74) is 0. The average molecular weight is 228 g/mol. The molecule has 0 aromatic carbocycles. The van der Waals surface area contributed by atoms with Crippen LogP contribution in [0.4, 0.5) is 0 Å². The number of hydrogen-bond acceptors (Lipinski definition) is 3. The first-order chi connectivity index (χ1) is 7.58. The quantitative estimate of drug-likeness (QED) is 0.618. The van der Waals surface area contributed by atoms with Crippen LogP contribution in [0.2, 0.25) is 0 Å². The van der Waals surface area contributed by atoms with E-state index in [0.717, 1.165) is 12.8 Å². The van der Waals surface area contributed by atoms with Crippen molar-refractivity contribution in [3.63, 3.8) is 0 Å². The molecule has 1 atom stereocenters. The van der Waals surface area contributed by atoms with Crippen LogP contribution in [0.25, 0.3) is 0 Å². The summed E-state index contributed by atoms with van der Waals surface area (Å²) in [5.74, 6) is -1.02. The van der Waals surface area contributed by atoms with Gasteiger partial charge in [-0.2, -0.15) is 0 Å². The number of carboxylic acids is 1. The molecule has 0 heterocycles. The van der Waals surface area contributed by atoms with Gasteiger partial charge < -0.3 is 15.7 Å². The fraction of sp³-hybridized carbons (Fsp3) is 0.818. The molecular weight excluding hydrogens is 208 g/mol. The van der Waals surface area contributed by atoms with Gasteiger partial charge in [-0.05, 0) is 19.8 Å². The summed E-state index contributed by atoms with van der Waals surface area (Å²) in [7, 11) is 0. The second-order valence-corrected chi connectivity index (χ2v) is 4.43. The molecule has 1 aliphatic rings. The Hall–Kier alpha value is -1.10. The molecule has 1 saturated carbocycles. The minimum absolute atomic E-state index is 0.0326. The summed E-state index contributed by atoms with van der Waals surface area (Å²) in [6.07, 6.45) is 4.70. The van der Waals surface area contributed by atoms with Gasteiger partial charge in [-0.15, -0.1) is 0 Å². The standard InChI is InChI=1S/C11H20N2O3/c1-8(6-11(15)16)13-10(14)7-12-9-4-2-3-5-9/h8-9,12H,2-7H2,1H3,(H,13,14)(H,15,16). The van der Waals surface area contributed by atoms with Crippen LogP contribution in [0.15, 0.2) is 0 Å². The highest BCUT2D eigenvalue weighted by Crippen LogP contribution is 2.17. The molecule has 16 heavy (non-hydrogen) atoms. The summed E-state index contributed by atoms with van der Waals surface area (Å²) in [5, 5.41) is 14.4. The van der Waals surface area contributed by atoms with Crippen LogP contribution in [0, 0.1) is 0 Å². The summed E-state index contributed by atoms with van der Waals surface area (Å²) < 4.78 is 0. The van der Waals surface area contributed by atoms with Gasteiger partial charge in [-0.25, -0.2) is 0 Å². The largest absolute Gasteiger partial charge is 0.481 e. The topological polar surface area (TPSA) is 78.4 Å². The number of hydrogen-bond donors (Lipinski definition) is 3. The molecule has 3 N–H and O–H groups in total. The van der Waals surface area contributed by atoms with Gasteiger partial charge >= 0.3 is 5.97 Å². The minimum atomic E-state index is -0.892. The first-order valence-corrected chi connectivity index (χ1v) is 5.82. The predicted molar refractivity (Wildman–Crippen MR) is 60.1 cm³/mol. The molecule has 0 aromatic rings. The SMILES string of the molecule is CC(CC(=O)O)NC(=O)CNC1CCCC1. The number of aliphatic carboxylic acids is 1. The lowest BCUT2D eigenvalue weighted by molar-refractivity contribution is -0.137. The van der Waals surface area contributed by atoms with E-state index in [2.05, 4.69) is 10.6 Å². The van der Waals surface area contributed by atoms with E-state index < -0.39 is 5.97 Å².